The molecule has 0 aromatic rings. The Morgan fingerprint density at radius 1 is 1.15 bits per heavy atom. The van der Waals surface area contributed by atoms with Crippen LogP contribution >= 0.6 is 0 Å². The zero-order chi connectivity index (χ0) is 14.9. The molecule has 0 bridgehead atoms. The zero-order valence-corrected chi connectivity index (χ0v) is 13.2. The molecule has 2 amide bonds. The molecule has 1 aliphatic heterocycles. The Balaban J connectivity index is 2.13. The normalized spacial score (nSPS) is 36.0. The third-order valence-electron chi connectivity index (χ3n) is 5.12. The summed E-state index contributed by atoms with van der Waals surface area (Å²) in [6.07, 6.45) is 3.78. The van der Waals surface area contributed by atoms with Gasteiger partial charge in [-0.1, -0.05) is 27.7 Å². The van der Waals surface area contributed by atoms with E-state index in [2.05, 4.69) is 19.2 Å². The van der Waals surface area contributed by atoms with Gasteiger partial charge in [0.1, 0.15) is 6.04 Å². The quantitative estimate of drug-likeness (QED) is 0.843. The van der Waals surface area contributed by atoms with Crippen LogP contribution in [0.15, 0.2) is 0 Å². The average Bonchev–Trinajstić information content (AvgIpc) is 2.53. The molecule has 4 atom stereocenters. The van der Waals surface area contributed by atoms with Gasteiger partial charge < -0.3 is 10.2 Å². The third kappa shape index (κ3) is 3.15. The molecule has 1 aliphatic carbocycles. The molecule has 0 aromatic heterocycles. The van der Waals surface area contributed by atoms with Crippen molar-refractivity contribution in [1.82, 2.24) is 10.2 Å². The molecule has 0 spiro atoms. The number of nitrogens with one attached hydrogen (secondary N) is 1. The predicted molar refractivity (Wildman–Crippen MR) is 79.1 cm³/mol. The minimum absolute atomic E-state index is 0.0109. The van der Waals surface area contributed by atoms with E-state index >= 15 is 0 Å². The van der Waals surface area contributed by atoms with Crippen molar-refractivity contribution in [3.05, 3.63) is 0 Å². The Morgan fingerprint density at radius 3 is 2.45 bits per heavy atom. The largest absolute Gasteiger partial charge is 0.344 e. The van der Waals surface area contributed by atoms with Crippen molar-refractivity contribution in [2.45, 2.75) is 65.5 Å². The highest BCUT2D eigenvalue weighted by atomic mass is 16.2. The molecule has 1 N–H and O–H groups in total. The van der Waals surface area contributed by atoms with Crippen LogP contribution in [-0.4, -0.2) is 35.3 Å². The van der Waals surface area contributed by atoms with Crippen molar-refractivity contribution in [1.29, 1.82) is 0 Å². The lowest BCUT2D eigenvalue weighted by Crippen LogP contribution is -2.52. The fraction of sp³-hybridized carbons (Fsp3) is 0.875. The molecule has 1 heterocycles. The Labute approximate surface area is 122 Å². The lowest BCUT2D eigenvalue weighted by Gasteiger charge is -2.40. The van der Waals surface area contributed by atoms with E-state index in [1.54, 1.807) is 0 Å². The number of hydrogen-bond acceptors (Lipinski definition) is 2. The average molecular weight is 280 g/mol. The first-order chi connectivity index (χ1) is 9.40. The highest BCUT2D eigenvalue weighted by molar-refractivity contribution is 5.90. The van der Waals surface area contributed by atoms with Crippen LogP contribution in [0.25, 0.3) is 0 Å². The van der Waals surface area contributed by atoms with Gasteiger partial charge in [0.25, 0.3) is 0 Å². The van der Waals surface area contributed by atoms with Gasteiger partial charge in [0.15, 0.2) is 0 Å². The van der Waals surface area contributed by atoms with Crippen molar-refractivity contribution < 1.29 is 9.59 Å². The lowest BCUT2D eigenvalue weighted by atomic mass is 9.78. The molecular formula is C16H28N2O2. The van der Waals surface area contributed by atoms with E-state index in [-0.39, 0.29) is 23.8 Å². The topological polar surface area (TPSA) is 49.4 Å². The summed E-state index contributed by atoms with van der Waals surface area (Å²) in [6, 6.07) is -0.0256. The summed E-state index contributed by atoms with van der Waals surface area (Å²) in [4.78, 5) is 26.5. The molecule has 2 rings (SSSR count). The predicted octanol–water partition coefficient (Wildman–Crippen LogP) is 2.18. The van der Waals surface area contributed by atoms with Crippen LogP contribution in [0.4, 0.5) is 0 Å². The van der Waals surface area contributed by atoms with E-state index in [1.807, 2.05) is 18.7 Å². The minimum atomic E-state index is -0.348. The standard InChI is InChI=1S/C16H28N2O2/c1-10(2)15-16(20)18(8-7-14(19)17-15)13-6-5-11(3)12(4)9-13/h10-13,15H,5-9H2,1-4H3,(H,17,19). The van der Waals surface area contributed by atoms with Gasteiger partial charge in [-0.25, -0.2) is 0 Å². The van der Waals surface area contributed by atoms with Gasteiger partial charge >= 0.3 is 0 Å². The molecule has 2 fully saturated rings. The van der Waals surface area contributed by atoms with E-state index in [9.17, 15) is 9.59 Å². The van der Waals surface area contributed by atoms with E-state index in [4.69, 9.17) is 0 Å². The van der Waals surface area contributed by atoms with Crippen molar-refractivity contribution in [3.8, 4) is 0 Å². The molecule has 4 nitrogen and oxygen atoms in total. The Morgan fingerprint density at radius 2 is 1.85 bits per heavy atom. The fourth-order valence-electron chi connectivity index (χ4n) is 3.43. The number of rotatable bonds is 2. The SMILES string of the molecule is CC(C)C1NC(=O)CCN(C2CCC(C)C(C)C2)C1=O. The highest BCUT2D eigenvalue weighted by Crippen LogP contribution is 2.33. The molecule has 114 valence electrons. The first-order valence-electron chi connectivity index (χ1n) is 8.00. The van der Waals surface area contributed by atoms with E-state index < -0.39 is 0 Å². The minimum Gasteiger partial charge on any atom is -0.344 e. The van der Waals surface area contributed by atoms with Gasteiger partial charge in [-0.15, -0.1) is 0 Å². The summed E-state index contributed by atoms with van der Waals surface area (Å²) in [6.45, 7) is 9.16. The second-order valence-electron chi connectivity index (χ2n) is 6.99. The third-order valence-corrected chi connectivity index (χ3v) is 5.12. The molecule has 0 radical (unpaired) electrons. The van der Waals surface area contributed by atoms with Gasteiger partial charge in [-0.05, 0) is 37.0 Å². The molecule has 1 saturated carbocycles. The number of amides is 2. The van der Waals surface area contributed by atoms with Crippen molar-refractivity contribution in [3.63, 3.8) is 0 Å². The van der Waals surface area contributed by atoms with Gasteiger partial charge in [0, 0.05) is 19.0 Å². The van der Waals surface area contributed by atoms with E-state index in [0.29, 0.717) is 24.9 Å². The Kier molecular flexibility index (Phi) is 4.71. The number of carbonyl (C=O) groups excluding carboxylic acids is 2. The first-order valence-corrected chi connectivity index (χ1v) is 8.00. The maximum absolute atomic E-state index is 12.7. The van der Waals surface area contributed by atoms with Crippen LogP contribution in [0.1, 0.15) is 53.4 Å². The summed E-state index contributed by atoms with van der Waals surface area (Å²) < 4.78 is 0. The first kappa shape index (κ1) is 15.3. The monoisotopic (exact) mass is 280 g/mol. The van der Waals surface area contributed by atoms with Gasteiger partial charge in [0.2, 0.25) is 11.8 Å². The van der Waals surface area contributed by atoms with Crippen molar-refractivity contribution >= 4 is 11.8 Å². The van der Waals surface area contributed by atoms with E-state index in [1.165, 1.54) is 6.42 Å². The zero-order valence-electron chi connectivity index (χ0n) is 13.2. The summed E-state index contributed by atoms with van der Waals surface area (Å²) in [5, 5.41) is 2.89. The van der Waals surface area contributed by atoms with Crippen LogP contribution in [0.2, 0.25) is 0 Å². The smallest absolute Gasteiger partial charge is 0.245 e. The fourth-order valence-corrected chi connectivity index (χ4v) is 3.43. The molecule has 1 saturated heterocycles. The highest BCUT2D eigenvalue weighted by Gasteiger charge is 2.37. The molecule has 4 heteroatoms. The lowest BCUT2D eigenvalue weighted by molar-refractivity contribution is -0.137. The number of hydrogen-bond donors (Lipinski definition) is 1. The van der Waals surface area contributed by atoms with E-state index in [0.717, 1.165) is 18.8 Å². The maximum atomic E-state index is 12.7. The summed E-state index contributed by atoms with van der Waals surface area (Å²) in [5.41, 5.74) is 0. The van der Waals surface area contributed by atoms with Crippen molar-refractivity contribution in [2.24, 2.45) is 17.8 Å². The molecular weight excluding hydrogens is 252 g/mol. The summed E-state index contributed by atoms with van der Waals surface area (Å²) in [5.74, 6) is 1.68. The molecule has 2 aliphatic rings. The molecule has 4 unspecified atom stereocenters. The maximum Gasteiger partial charge on any atom is 0.245 e. The van der Waals surface area contributed by atoms with Crippen molar-refractivity contribution in [2.75, 3.05) is 6.54 Å². The molecule has 20 heavy (non-hydrogen) atoms. The van der Waals surface area contributed by atoms with Crippen LogP contribution in [0, 0.1) is 17.8 Å². The van der Waals surface area contributed by atoms with Crippen LogP contribution in [0.5, 0.6) is 0 Å². The summed E-state index contributed by atoms with van der Waals surface area (Å²) in [7, 11) is 0. The Bertz CT molecular complexity index is 381. The van der Waals surface area contributed by atoms with Gasteiger partial charge in [-0.3, -0.25) is 9.59 Å². The van der Waals surface area contributed by atoms with Gasteiger partial charge in [0.05, 0.1) is 0 Å². The summed E-state index contributed by atoms with van der Waals surface area (Å²) >= 11 is 0. The Hall–Kier alpha value is -1.06. The second kappa shape index (κ2) is 6.15. The number of nitrogens with zero attached hydrogens (tertiary/aromatic N) is 1. The number of carbonyl (C=O) groups is 2. The van der Waals surface area contributed by atoms with Crippen LogP contribution in [0.3, 0.4) is 0 Å². The molecule has 0 aromatic carbocycles. The van der Waals surface area contributed by atoms with Crippen LogP contribution < -0.4 is 5.32 Å². The van der Waals surface area contributed by atoms with Crippen LogP contribution in [-0.2, 0) is 9.59 Å². The van der Waals surface area contributed by atoms with Gasteiger partial charge in [-0.2, -0.15) is 0 Å². The second-order valence-corrected chi connectivity index (χ2v) is 6.99.